The van der Waals surface area contributed by atoms with Gasteiger partial charge in [-0.1, -0.05) is 25.6 Å². The summed E-state index contributed by atoms with van der Waals surface area (Å²) in [5.41, 5.74) is 6.38. The second-order valence-electron chi connectivity index (χ2n) is 3.54. The van der Waals surface area contributed by atoms with E-state index in [2.05, 4.69) is 15.3 Å². The number of carbonyl (C=O) groups is 1. The molecule has 0 aliphatic heterocycles. The van der Waals surface area contributed by atoms with Crippen LogP contribution in [0.25, 0.3) is 0 Å². The van der Waals surface area contributed by atoms with Gasteiger partial charge in [0.25, 0.3) is 0 Å². The highest BCUT2D eigenvalue weighted by Gasteiger charge is 2.19. The number of hydrogen-bond donors (Lipinski definition) is 3. The second-order valence-corrected chi connectivity index (χ2v) is 4.01. The molecule has 0 saturated heterocycles. The fourth-order valence-corrected chi connectivity index (χ4v) is 1.60. The summed E-state index contributed by atoms with van der Waals surface area (Å²) in [5, 5.41) is 2.77. The molecule has 5 nitrogen and oxygen atoms in total. The Balaban J connectivity index is 2.46. The summed E-state index contributed by atoms with van der Waals surface area (Å²) in [4.78, 5) is 18.8. The van der Waals surface area contributed by atoms with Crippen LogP contribution < -0.4 is 11.1 Å². The minimum atomic E-state index is -0.372. The molecule has 0 saturated carbocycles. The van der Waals surface area contributed by atoms with Gasteiger partial charge in [-0.3, -0.25) is 4.79 Å². The van der Waals surface area contributed by atoms with Crippen molar-refractivity contribution in [2.24, 2.45) is 11.7 Å². The van der Waals surface area contributed by atoms with Crippen LogP contribution >= 0.6 is 12.2 Å². The Bertz CT molecular complexity index is 350. The Labute approximate surface area is 99.8 Å². The third-order valence-electron chi connectivity index (χ3n) is 2.25. The molecule has 0 aliphatic carbocycles. The van der Waals surface area contributed by atoms with E-state index in [1.165, 1.54) is 0 Å². The van der Waals surface area contributed by atoms with Crippen LogP contribution in [0.15, 0.2) is 12.5 Å². The number of imidazole rings is 1. The summed E-state index contributed by atoms with van der Waals surface area (Å²) in [6, 6.07) is 0. The molecule has 1 aromatic rings. The molecule has 0 bridgehead atoms. The fraction of sp³-hybridized carbons (Fsp3) is 0.500. The minimum absolute atomic E-state index is 0.121. The zero-order chi connectivity index (χ0) is 12.0. The maximum absolute atomic E-state index is 11.8. The van der Waals surface area contributed by atoms with Gasteiger partial charge in [0.2, 0.25) is 5.91 Å². The number of rotatable bonds is 6. The predicted octanol–water partition coefficient (Wildman–Crippen LogP) is 0.728. The van der Waals surface area contributed by atoms with Gasteiger partial charge in [0.1, 0.15) is 0 Å². The number of nitrogens with one attached hydrogen (secondary N) is 2. The number of aromatic nitrogens is 2. The smallest absolute Gasteiger partial charge is 0.230 e. The molecule has 16 heavy (non-hydrogen) atoms. The Morgan fingerprint density at radius 1 is 1.75 bits per heavy atom. The largest absolute Gasteiger partial charge is 0.393 e. The van der Waals surface area contributed by atoms with Crippen molar-refractivity contribution in [1.82, 2.24) is 15.3 Å². The van der Waals surface area contributed by atoms with Crippen molar-refractivity contribution in [3.8, 4) is 0 Å². The number of aromatic amines is 1. The zero-order valence-corrected chi connectivity index (χ0v) is 10.0. The average molecular weight is 240 g/mol. The molecule has 0 aromatic carbocycles. The summed E-state index contributed by atoms with van der Waals surface area (Å²) in [7, 11) is 0. The van der Waals surface area contributed by atoms with Gasteiger partial charge in [-0.05, 0) is 6.42 Å². The van der Waals surface area contributed by atoms with E-state index in [9.17, 15) is 4.79 Å². The van der Waals surface area contributed by atoms with Gasteiger partial charge < -0.3 is 16.0 Å². The first-order valence-corrected chi connectivity index (χ1v) is 5.60. The van der Waals surface area contributed by atoms with Gasteiger partial charge in [-0.25, -0.2) is 4.98 Å². The van der Waals surface area contributed by atoms with Crippen LogP contribution in [0.3, 0.4) is 0 Å². The van der Waals surface area contributed by atoms with E-state index in [0.29, 0.717) is 13.0 Å². The molecule has 1 unspecified atom stereocenters. The van der Waals surface area contributed by atoms with E-state index in [-0.39, 0.29) is 16.8 Å². The molecule has 1 heterocycles. The highest BCUT2D eigenvalue weighted by Crippen LogP contribution is 2.07. The lowest BCUT2D eigenvalue weighted by Gasteiger charge is -2.13. The van der Waals surface area contributed by atoms with Gasteiger partial charge in [0.15, 0.2) is 0 Å². The highest BCUT2D eigenvalue weighted by molar-refractivity contribution is 7.80. The van der Waals surface area contributed by atoms with E-state index in [1.807, 2.05) is 6.92 Å². The molecule has 1 aromatic heterocycles. The summed E-state index contributed by atoms with van der Waals surface area (Å²) in [6.07, 6.45) is 4.79. The van der Waals surface area contributed by atoms with Crippen molar-refractivity contribution in [3.05, 3.63) is 18.2 Å². The van der Waals surface area contributed by atoms with Crippen molar-refractivity contribution < 1.29 is 4.79 Å². The molecule has 1 amide bonds. The van der Waals surface area contributed by atoms with Gasteiger partial charge in [-0.15, -0.1) is 0 Å². The standard InChI is InChI=1S/C10H16N4OS/c1-2-3-8(9(11)16)10(15)13-5-7-4-12-6-14-7/h4,6,8H,2-3,5H2,1H3,(H2,11,16)(H,12,14)(H,13,15). The number of thiocarbonyl (C=S) groups is 1. The van der Waals surface area contributed by atoms with Crippen molar-refractivity contribution in [2.75, 3.05) is 0 Å². The lowest BCUT2D eigenvalue weighted by Crippen LogP contribution is -2.37. The Morgan fingerprint density at radius 3 is 3.00 bits per heavy atom. The van der Waals surface area contributed by atoms with E-state index in [1.54, 1.807) is 12.5 Å². The van der Waals surface area contributed by atoms with Crippen LogP contribution in [0.4, 0.5) is 0 Å². The molecule has 88 valence electrons. The molecule has 1 rings (SSSR count). The quantitative estimate of drug-likeness (QED) is 0.640. The molecular weight excluding hydrogens is 224 g/mol. The second kappa shape index (κ2) is 6.22. The average Bonchev–Trinajstić information content (AvgIpc) is 2.75. The predicted molar refractivity (Wildman–Crippen MR) is 65.6 cm³/mol. The first-order valence-electron chi connectivity index (χ1n) is 5.19. The number of amides is 1. The number of carbonyl (C=O) groups excluding carboxylic acids is 1. The lowest BCUT2D eigenvalue weighted by molar-refractivity contribution is -0.123. The third-order valence-corrected chi connectivity index (χ3v) is 2.53. The number of nitrogens with two attached hydrogens (primary N) is 1. The topological polar surface area (TPSA) is 83.8 Å². The van der Waals surface area contributed by atoms with Crippen LogP contribution in [-0.2, 0) is 11.3 Å². The third kappa shape index (κ3) is 3.62. The van der Waals surface area contributed by atoms with E-state index >= 15 is 0 Å². The molecular formula is C10H16N4OS. The minimum Gasteiger partial charge on any atom is -0.393 e. The lowest BCUT2D eigenvalue weighted by atomic mass is 10.0. The van der Waals surface area contributed by atoms with Gasteiger partial charge in [0, 0.05) is 6.20 Å². The van der Waals surface area contributed by atoms with Crippen molar-refractivity contribution in [1.29, 1.82) is 0 Å². The van der Waals surface area contributed by atoms with Crippen LogP contribution in [0.5, 0.6) is 0 Å². The van der Waals surface area contributed by atoms with Gasteiger partial charge in [0.05, 0.1) is 29.5 Å². The Kier molecular flexibility index (Phi) is 4.91. The van der Waals surface area contributed by atoms with Crippen LogP contribution in [0, 0.1) is 5.92 Å². The normalized spacial score (nSPS) is 12.1. The fourth-order valence-electron chi connectivity index (χ4n) is 1.38. The summed E-state index contributed by atoms with van der Waals surface area (Å²) < 4.78 is 0. The summed E-state index contributed by atoms with van der Waals surface area (Å²) in [6.45, 7) is 2.41. The van der Waals surface area contributed by atoms with Crippen molar-refractivity contribution in [2.45, 2.75) is 26.3 Å². The molecule has 0 radical (unpaired) electrons. The zero-order valence-electron chi connectivity index (χ0n) is 9.19. The molecule has 4 N–H and O–H groups in total. The molecule has 0 spiro atoms. The maximum Gasteiger partial charge on any atom is 0.230 e. The molecule has 0 aliphatic rings. The molecule has 0 fully saturated rings. The van der Waals surface area contributed by atoms with E-state index < -0.39 is 0 Å². The van der Waals surface area contributed by atoms with E-state index in [4.69, 9.17) is 18.0 Å². The Hall–Kier alpha value is -1.43. The van der Waals surface area contributed by atoms with Crippen LogP contribution in [0.2, 0.25) is 0 Å². The van der Waals surface area contributed by atoms with Crippen molar-refractivity contribution >= 4 is 23.1 Å². The highest BCUT2D eigenvalue weighted by atomic mass is 32.1. The van der Waals surface area contributed by atoms with Gasteiger partial charge in [-0.2, -0.15) is 0 Å². The Morgan fingerprint density at radius 2 is 2.50 bits per heavy atom. The summed E-state index contributed by atoms with van der Waals surface area (Å²) >= 11 is 4.87. The van der Waals surface area contributed by atoms with Crippen molar-refractivity contribution in [3.63, 3.8) is 0 Å². The molecule has 6 heteroatoms. The van der Waals surface area contributed by atoms with Crippen LogP contribution in [0.1, 0.15) is 25.5 Å². The first kappa shape index (κ1) is 12.6. The van der Waals surface area contributed by atoms with Crippen LogP contribution in [-0.4, -0.2) is 20.9 Å². The van der Waals surface area contributed by atoms with Gasteiger partial charge >= 0.3 is 0 Å². The number of H-pyrrole nitrogens is 1. The monoisotopic (exact) mass is 240 g/mol. The number of hydrogen-bond acceptors (Lipinski definition) is 3. The maximum atomic E-state index is 11.8. The van der Waals surface area contributed by atoms with E-state index in [0.717, 1.165) is 12.1 Å². The molecule has 1 atom stereocenters. The summed E-state index contributed by atoms with van der Waals surface area (Å²) in [5.74, 6) is -0.494. The first-order chi connectivity index (χ1) is 7.65. The number of nitrogens with zero attached hydrogens (tertiary/aromatic N) is 1. The SMILES string of the molecule is CCCC(C(=O)NCc1cnc[nH]1)C(N)=S.